The van der Waals surface area contributed by atoms with Crippen molar-refractivity contribution in [3.63, 3.8) is 0 Å². The summed E-state index contributed by atoms with van der Waals surface area (Å²) in [7, 11) is 0. The minimum Gasteiger partial charge on any atom is -0.352 e. The number of hydrogen-bond donors (Lipinski definition) is 1. The first-order chi connectivity index (χ1) is 11.5. The SMILES string of the molecule is CC(C)C(CC(=O)NCc1ccccc1)C(=O)N1CCC[C@H]1C=O. The molecule has 0 radical (unpaired) electrons. The van der Waals surface area contributed by atoms with E-state index in [0.717, 1.165) is 24.7 Å². The summed E-state index contributed by atoms with van der Waals surface area (Å²) in [5, 5.41) is 2.88. The van der Waals surface area contributed by atoms with E-state index in [-0.39, 0.29) is 36.1 Å². The molecule has 5 heteroatoms. The summed E-state index contributed by atoms with van der Waals surface area (Å²) in [5.74, 6) is -0.545. The van der Waals surface area contributed by atoms with Gasteiger partial charge in [0.25, 0.3) is 0 Å². The quantitative estimate of drug-likeness (QED) is 0.779. The van der Waals surface area contributed by atoms with Crippen molar-refractivity contribution < 1.29 is 14.4 Å². The van der Waals surface area contributed by atoms with E-state index in [1.54, 1.807) is 4.90 Å². The first-order valence-corrected chi connectivity index (χ1v) is 8.59. The summed E-state index contributed by atoms with van der Waals surface area (Å²) in [4.78, 5) is 37.8. The van der Waals surface area contributed by atoms with E-state index in [1.807, 2.05) is 44.2 Å². The minimum atomic E-state index is -0.388. The van der Waals surface area contributed by atoms with Gasteiger partial charge in [0.05, 0.1) is 6.04 Å². The van der Waals surface area contributed by atoms with Crippen molar-refractivity contribution in [3.05, 3.63) is 35.9 Å². The number of likely N-dealkylation sites (tertiary alicyclic amines) is 1. The zero-order chi connectivity index (χ0) is 17.5. The Bertz CT molecular complexity index is 571. The van der Waals surface area contributed by atoms with Gasteiger partial charge in [0.1, 0.15) is 6.29 Å². The number of amides is 2. The van der Waals surface area contributed by atoms with Gasteiger partial charge in [-0.05, 0) is 24.3 Å². The molecule has 0 bridgehead atoms. The van der Waals surface area contributed by atoms with E-state index in [9.17, 15) is 14.4 Å². The Morgan fingerprint density at radius 1 is 1.29 bits per heavy atom. The van der Waals surface area contributed by atoms with Crippen molar-refractivity contribution in [1.29, 1.82) is 0 Å². The Balaban J connectivity index is 1.93. The van der Waals surface area contributed by atoms with Gasteiger partial charge in [-0.25, -0.2) is 0 Å². The van der Waals surface area contributed by atoms with Crippen LogP contribution in [-0.4, -0.2) is 35.6 Å². The summed E-state index contributed by atoms with van der Waals surface area (Å²) in [6, 6.07) is 9.35. The fraction of sp³-hybridized carbons (Fsp3) is 0.526. The standard InChI is InChI=1S/C19H26N2O3/c1-14(2)17(19(24)21-10-6-9-16(21)13-22)11-18(23)20-12-15-7-4-3-5-8-15/h3-5,7-8,13-14,16-17H,6,9-12H2,1-2H3,(H,20,23)/t16-,17?/m0/s1. The maximum absolute atomic E-state index is 12.8. The summed E-state index contributed by atoms with van der Waals surface area (Å²) in [6.07, 6.45) is 2.57. The predicted octanol–water partition coefficient (Wildman–Crippen LogP) is 2.16. The molecule has 1 saturated heterocycles. The molecule has 1 fully saturated rings. The molecule has 0 aliphatic carbocycles. The van der Waals surface area contributed by atoms with Crippen molar-refractivity contribution >= 4 is 18.1 Å². The van der Waals surface area contributed by atoms with Gasteiger partial charge < -0.3 is 15.0 Å². The second-order valence-electron chi connectivity index (χ2n) is 6.69. The molecule has 1 N–H and O–H groups in total. The average molecular weight is 330 g/mol. The van der Waals surface area contributed by atoms with Gasteiger partial charge in [-0.3, -0.25) is 9.59 Å². The number of nitrogens with zero attached hydrogens (tertiary/aromatic N) is 1. The fourth-order valence-electron chi connectivity index (χ4n) is 3.10. The van der Waals surface area contributed by atoms with Crippen LogP contribution in [0.15, 0.2) is 30.3 Å². The molecule has 0 aromatic heterocycles. The Kier molecular flexibility index (Phi) is 6.53. The molecule has 1 aromatic rings. The zero-order valence-corrected chi connectivity index (χ0v) is 14.4. The number of benzene rings is 1. The molecule has 1 heterocycles. The van der Waals surface area contributed by atoms with Gasteiger partial charge in [-0.2, -0.15) is 0 Å². The highest BCUT2D eigenvalue weighted by Gasteiger charge is 2.35. The number of aldehydes is 1. The smallest absolute Gasteiger partial charge is 0.227 e. The number of carbonyl (C=O) groups is 3. The van der Waals surface area contributed by atoms with Crippen molar-refractivity contribution in [1.82, 2.24) is 10.2 Å². The first-order valence-electron chi connectivity index (χ1n) is 8.59. The first kappa shape index (κ1) is 18.2. The summed E-state index contributed by atoms with van der Waals surface area (Å²) in [5.41, 5.74) is 1.03. The molecule has 5 nitrogen and oxygen atoms in total. The molecule has 2 amide bonds. The Morgan fingerprint density at radius 2 is 2.00 bits per heavy atom. The number of rotatable bonds is 7. The molecule has 24 heavy (non-hydrogen) atoms. The molecule has 1 aliphatic rings. The van der Waals surface area contributed by atoms with Crippen LogP contribution in [0.3, 0.4) is 0 Å². The van der Waals surface area contributed by atoms with Crippen LogP contribution >= 0.6 is 0 Å². The van der Waals surface area contributed by atoms with Crippen LogP contribution < -0.4 is 5.32 Å². The summed E-state index contributed by atoms with van der Waals surface area (Å²) < 4.78 is 0. The lowest BCUT2D eigenvalue weighted by atomic mass is 9.90. The third kappa shape index (κ3) is 4.66. The van der Waals surface area contributed by atoms with E-state index in [0.29, 0.717) is 13.1 Å². The number of hydrogen-bond acceptors (Lipinski definition) is 3. The molecular weight excluding hydrogens is 304 g/mol. The van der Waals surface area contributed by atoms with Gasteiger partial charge in [0.15, 0.2) is 0 Å². The van der Waals surface area contributed by atoms with Crippen LogP contribution in [0, 0.1) is 11.8 Å². The normalized spacial score (nSPS) is 18.5. The topological polar surface area (TPSA) is 66.5 Å². The fourth-order valence-corrected chi connectivity index (χ4v) is 3.10. The molecule has 0 spiro atoms. The largest absolute Gasteiger partial charge is 0.352 e. The number of carbonyl (C=O) groups excluding carboxylic acids is 3. The molecule has 2 atom stereocenters. The number of nitrogens with one attached hydrogen (secondary N) is 1. The van der Waals surface area contributed by atoms with Gasteiger partial charge in [0.2, 0.25) is 11.8 Å². The van der Waals surface area contributed by atoms with Crippen LogP contribution in [0.5, 0.6) is 0 Å². The third-order valence-corrected chi connectivity index (χ3v) is 4.60. The van der Waals surface area contributed by atoms with Crippen LogP contribution in [0.1, 0.15) is 38.7 Å². The van der Waals surface area contributed by atoms with Crippen LogP contribution in [0.25, 0.3) is 0 Å². The van der Waals surface area contributed by atoms with E-state index in [4.69, 9.17) is 0 Å². The van der Waals surface area contributed by atoms with Crippen molar-refractivity contribution in [2.45, 2.75) is 45.7 Å². The molecular formula is C19H26N2O3. The monoisotopic (exact) mass is 330 g/mol. The van der Waals surface area contributed by atoms with Crippen LogP contribution in [0.4, 0.5) is 0 Å². The maximum atomic E-state index is 12.8. The van der Waals surface area contributed by atoms with E-state index in [2.05, 4.69) is 5.32 Å². The molecule has 1 unspecified atom stereocenters. The lowest BCUT2D eigenvalue weighted by Gasteiger charge is -2.28. The summed E-state index contributed by atoms with van der Waals surface area (Å²) in [6.45, 7) is 4.95. The minimum absolute atomic E-state index is 0.0490. The highest BCUT2D eigenvalue weighted by molar-refractivity contribution is 5.87. The lowest BCUT2D eigenvalue weighted by molar-refractivity contribution is -0.142. The molecule has 0 saturated carbocycles. The Hall–Kier alpha value is -2.17. The Labute approximate surface area is 143 Å². The van der Waals surface area contributed by atoms with Gasteiger partial charge >= 0.3 is 0 Å². The van der Waals surface area contributed by atoms with Crippen LogP contribution in [0.2, 0.25) is 0 Å². The van der Waals surface area contributed by atoms with E-state index in [1.165, 1.54) is 0 Å². The molecule has 1 aromatic carbocycles. The maximum Gasteiger partial charge on any atom is 0.227 e. The van der Waals surface area contributed by atoms with Crippen molar-refractivity contribution in [3.8, 4) is 0 Å². The van der Waals surface area contributed by atoms with Gasteiger partial charge in [-0.15, -0.1) is 0 Å². The molecule has 1 aliphatic heterocycles. The second kappa shape index (κ2) is 8.62. The molecule has 130 valence electrons. The van der Waals surface area contributed by atoms with Gasteiger partial charge in [0, 0.05) is 25.4 Å². The second-order valence-corrected chi connectivity index (χ2v) is 6.69. The lowest BCUT2D eigenvalue weighted by Crippen LogP contribution is -2.43. The van der Waals surface area contributed by atoms with E-state index >= 15 is 0 Å². The van der Waals surface area contributed by atoms with Gasteiger partial charge in [-0.1, -0.05) is 44.2 Å². The highest BCUT2D eigenvalue weighted by Crippen LogP contribution is 2.24. The molecule has 2 rings (SSSR count). The van der Waals surface area contributed by atoms with Crippen molar-refractivity contribution in [2.75, 3.05) is 6.54 Å². The average Bonchev–Trinajstić information content (AvgIpc) is 3.06. The highest BCUT2D eigenvalue weighted by atomic mass is 16.2. The third-order valence-electron chi connectivity index (χ3n) is 4.60. The van der Waals surface area contributed by atoms with Crippen LogP contribution in [-0.2, 0) is 20.9 Å². The Morgan fingerprint density at radius 3 is 2.62 bits per heavy atom. The van der Waals surface area contributed by atoms with Crippen molar-refractivity contribution in [2.24, 2.45) is 11.8 Å². The zero-order valence-electron chi connectivity index (χ0n) is 14.4. The predicted molar refractivity (Wildman–Crippen MR) is 92.0 cm³/mol. The van der Waals surface area contributed by atoms with E-state index < -0.39 is 0 Å². The summed E-state index contributed by atoms with van der Waals surface area (Å²) >= 11 is 0.